The summed E-state index contributed by atoms with van der Waals surface area (Å²) in [6, 6.07) is 26.1. The lowest BCUT2D eigenvalue weighted by Gasteiger charge is -2.09. The molecule has 0 unspecified atom stereocenters. The van der Waals surface area contributed by atoms with E-state index in [1.165, 1.54) is 38.2 Å². The lowest BCUT2D eigenvalue weighted by Crippen LogP contribution is -1.96. The van der Waals surface area contributed by atoms with E-state index in [0.717, 1.165) is 24.2 Å². The Morgan fingerprint density at radius 1 is 0.760 bits per heavy atom. The molecule has 0 aromatic heterocycles. The fraction of sp³-hybridized carbons (Fsp3) is 0.125. The van der Waals surface area contributed by atoms with Crippen LogP contribution >= 0.6 is 0 Å². The standard InChI is InChI=1S/C24H19N/c1-16(25-21-13-11-17-5-2-3-6-20(17)15-21)22-14-12-19-10-9-18-7-4-8-23(22)24(18)19/h2-8,11-15H,9-10H2,1H3. The number of nitrogens with zero attached hydrogens (tertiary/aromatic N) is 1. The number of fused-ring (bicyclic) bond motifs is 1. The number of aryl methyl sites for hydroxylation is 2. The van der Waals surface area contributed by atoms with Crippen LogP contribution in [0.2, 0.25) is 0 Å². The first-order valence-electron chi connectivity index (χ1n) is 8.87. The van der Waals surface area contributed by atoms with E-state index in [1.54, 1.807) is 0 Å². The fourth-order valence-corrected chi connectivity index (χ4v) is 4.06. The van der Waals surface area contributed by atoms with E-state index in [-0.39, 0.29) is 0 Å². The van der Waals surface area contributed by atoms with Crippen molar-refractivity contribution < 1.29 is 0 Å². The molecule has 1 aliphatic rings. The van der Waals surface area contributed by atoms with Crippen molar-refractivity contribution in [3.8, 4) is 0 Å². The van der Waals surface area contributed by atoms with E-state index in [0.29, 0.717) is 0 Å². The second kappa shape index (κ2) is 5.56. The fourth-order valence-electron chi connectivity index (χ4n) is 4.06. The van der Waals surface area contributed by atoms with Gasteiger partial charge in [-0.25, -0.2) is 0 Å². The Balaban J connectivity index is 1.65. The monoisotopic (exact) mass is 321 g/mol. The maximum atomic E-state index is 4.93. The molecule has 0 fully saturated rings. The molecule has 0 atom stereocenters. The van der Waals surface area contributed by atoms with Gasteiger partial charge in [0.2, 0.25) is 0 Å². The van der Waals surface area contributed by atoms with Crippen molar-refractivity contribution in [2.75, 3.05) is 0 Å². The molecule has 0 amide bonds. The normalized spacial score (nSPS) is 13.7. The van der Waals surface area contributed by atoms with Crippen LogP contribution in [0.5, 0.6) is 0 Å². The third-order valence-electron chi connectivity index (χ3n) is 5.30. The summed E-state index contributed by atoms with van der Waals surface area (Å²) in [5, 5.41) is 5.28. The Hall–Kier alpha value is -2.93. The average Bonchev–Trinajstić information content (AvgIpc) is 3.07. The second-order valence-electron chi connectivity index (χ2n) is 6.84. The van der Waals surface area contributed by atoms with Crippen molar-refractivity contribution in [1.82, 2.24) is 0 Å². The first-order chi connectivity index (χ1) is 12.3. The summed E-state index contributed by atoms with van der Waals surface area (Å²) in [5.74, 6) is 0. The summed E-state index contributed by atoms with van der Waals surface area (Å²) >= 11 is 0. The van der Waals surface area contributed by atoms with Crippen LogP contribution in [0.1, 0.15) is 23.6 Å². The van der Waals surface area contributed by atoms with Crippen LogP contribution in [-0.2, 0) is 12.8 Å². The van der Waals surface area contributed by atoms with E-state index >= 15 is 0 Å². The first kappa shape index (κ1) is 14.4. The second-order valence-corrected chi connectivity index (χ2v) is 6.84. The summed E-state index contributed by atoms with van der Waals surface area (Å²) in [6.45, 7) is 2.12. The molecular weight excluding hydrogens is 302 g/mol. The molecule has 1 heteroatoms. The molecule has 1 aliphatic carbocycles. The largest absolute Gasteiger partial charge is 0.253 e. The topological polar surface area (TPSA) is 12.4 Å². The number of aliphatic imine (C=N–C) groups is 1. The minimum Gasteiger partial charge on any atom is -0.253 e. The van der Waals surface area contributed by atoms with Crippen molar-refractivity contribution in [2.45, 2.75) is 19.8 Å². The van der Waals surface area contributed by atoms with Crippen LogP contribution in [0.4, 0.5) is 5.69 Å². The van der Waals surface area contributed by atoms with Crippen molar-refractivity contribution in [2.24, 2.45) is 4.99 Å². The highest BCUT2D eigenvalue weighted by molar-refractivity contribution is 6.12. The SMILES string of the molecule is CC(=Nc1ccc2ccccc2c1)c1ccc2c3c(cccc13)CC2. The quantitative estimate of drug-likeness (QED) is 0.388. The van der Waals surface area contributed by atoms with Gasteiger partial charge in [0.1, 0.15) is 0 Å². The molecule has 0 saturated heterocycles. The Bertz CT molecular complexity index is 1140. The van der Waals surface area contributed by atoms with Gasteiger partial charge in [0.05, 0.1) is 5.69 Å². The van der Waals surface area contributed by atoms with Crippen LogP contribution in [0.15, 0.2) is 77.8 Å². The molecule has 0 bridgehead atoms. The number of hydrogen-bond donors (Lipinski definition) is 0. The van der Waals surface area contributed by atoms with Gasteiger partial charge in [-0.1, -0.05) is 60.7 Å². The first-order valence-corrected chi connectivity index (χ1v) is 8.87. The molecule has 0 saturated carbocycles. The Morgan fingerprint density at radius 3 is 2.44 bits per heavy atom. The predicted octanol–water partition coefficient (Wildman–Crippen LogP) is 6.23. The van der Waals surface area contributed by atoms with Crippen molar-refractivity contribution >= 4 is 32.9 Å². The molecule has 0 radical (unpaired) electrons. The molecule has 0 spiro atoms. The van der Waals surface area contributed by atoms with Gasteiger partial charge in [0.15, 0.2) is 0 Å². The minimum atomic E-state index is 1.01. The highest BCUT2D eigenvalue weighted by Crippen LogP contribution is 2.33. The van der Waals surface area contributed by atoms with Gasteiger partial charge in [-0.15, -0.1) is 0 Å². The molecule has 4 aromatic rings. The number of hydrogen-bond acceptors (Lipinski definition) is 1. The van der Waals surface area contributed by atoms with Crippen LogP contribution in [0, 0.1) is 0 Å². The van der Waals surface area contributed by atoms with Gasteiger partial charge >= 0.3 is 0 Å². The third-order valence-corrected chi connectivity index (χ3v) is 5.30. The molecule has 5 rings (SSSR count). The molecule has 0 heterocycles. The van der Waals surface area contributed by atoms with E-state index in [9.17, 15) is 0 Å². The molecule has 25 heavy (non-hydrogen) atoms. The Morgan fingerprint density at radius 2 is 1.56 bits per heavy atom. The minimum absolute atomic E-state index is 1.01. The zero-order chi connectivity index (χ0) is 16.8. The maximum absolute atomic E-state index is 4.93. The van der Waals surface area contributed by atoms with Gasteiger partial charge in [-0.05, 0) is 64.6 Å². The zero-order valence-corrected chi connectivity index (χ0v) is 14.3. The zero-order valence-electron chi connectivity index (χ0n) is 14.3. The van der Waals surface area contributed by atoms with Crippen LogP contribution in [0.25, 0.3) is 21.5 Å². The number of benzene rings is 4. The van der Waals surface area contributed by atoms with Crippen molar-refractivity contribution in [3.63, 3.8) is 0 Å². The summed E-state index contributed by atoms with van der Waals surface area (Å²) < 4.78 is 0. The van der Waals surface area contributed by atoms with Crippen molar-refractivity contribution in [1.29, 1.82) is 0 Å². The summed E-state index contributed by atoms with van der Waals surface area (Å²) in [5.41, 5.74) is 6.29. The maximum Gasteiger partial charge on any atom is 0.0639 e. The van der Waals surface area contributed by atoms with Gasteiger partial charge in [0, 0.05) is 11.3 Å². The smallest absolute Gasteiger partial charge is 0.0639 e. The van der Waals surface area contributed by atoms with Gasteiger partial charge < -0.3 is 0 Å². The van der Waals surface area contributed by atoms with Gasteiger partial charge in [0.25, 0.3) is 0 Å². The lowest BCUT2D eigenvalue weighted by molar-refractivity contribution is 1.02. The molecule has 1 nitrogen and oxygen atoms in total. The summed E-state index contributed by atoms with van der Waals surface area (Å²) in [6.07, 6.45) is 2.33. The average molecular weight is 321 g/mol. The molecular formula is C24H19N. The van der Waals surface area contributed by atoms with Crippen LogP contribution < -0.4 is 0 Å². The molecule has 4 aromatic carbocycles. The van der Waals surface area contributed by atoms with Crippen LogP contribution in [-0.4, -0.2) is 5.71 Å². The van der Waals surface area contributed by atoms with Crippen LogP contribution in [0.3, 0.4) is 0 Å². The van der Waals surface area contributed by atoms with E-state index in [1.807, 2.05) is 0 Å². The highest BCUT2D eigenvalue weighted by atomic mass is 14.7. The lowest BCUT2D eigenvalue weighted by atomic mass is 9.97. The third kappa shape index (κ3) is 2.35. The van der Waals surface area contributed by atoms with E-state index in [4.69, 9.17) is 4.99 Å². The Kier molecular flexibility index (Phi) is 3.21. The summed E-state index contributed by atoms with van der Waals surface area (Å²) in [4.78, 5) is 4.93. The molecule has 0 aliphatic heterocycles. The van der Waals surface area contributed by atoms with E-state index < -0.39 is 0 Å². The number of rotatable bonds is 2. The molecule has 120 valence electrons. The Labute approximate surface area is 147 Å². The predicted molar refractivity (Wildman–Crippen MR) is 107 cm³/mol. The van der Waals surface area contributed by atoms with Gasteiger partial charge in [-0.3, -0.25) is 4.99 Å². The van der Waals surface area contributed by atoms with E-state index in [2.05, 4.69) is 79.7 Å². The highest BCUT2D eigenvalue weighted by Gasteiger charge is 2.16. The summed E-state index contributed by atoms with van der Waals surface area (Å²) in [7, 11) is 0. The molecule has 0 N–H and O–H groups in total. The van der Waals surface area contributed by atoms with Gasteiger partial charge in [-0.2, -0.15) is 0 Å². The van der Waals surface area contributed by atoms with Crippen molar-refractivity contribution in [3.05, 3.63) is 89.5 Å².